The van der Waals surface area contributed by atoms with Gasteiger partial charge in [0, 0.05) is 25.2 Å². The van der Waals surface area contributed by atoms with Gasteiger partial charge in [-0.25, -0.2) is 8.42 Å². The van der Waals surface area contributed by atoms with Gasteiger partial charge in [0.1, 0.15) is 0 Å². The van der Waals surface area contributed by atoms with Crippen molar-refractivity contribution < 1.29 is 13.5 Å². The van der Waals surface area contributed by atoms with Gasteiger partial charge in [-0.05, 0) is 59.5 Å². The molecular weight excluding hydrogens is 434 g/mol. The molecule has 0 radical (unpaired) electrons. The molecule has 1 saturated heterocycles. The second-order valence-electron chi connectivity index (χ2n) is 8.65. The maximum absolute atomic E-state index is 13.6. The summed E-state index contributed by atoms with van der Waals surface area (Å²) >= 11 is 0. The van der Waals surface area contributed by atoms with Gasteiger partial charge in [-0.2, -0.15) is 9.57 Å². The molecule has 0 amide bonds. The normalized spacial score (nSPS) is 22.5. The minimum Gasteiger partial charge on any atom is -0.394 e. The Morgan fingerprint density at radius 2 is 1.79 bits per heavy atom. The van der Waals surface area contributed by atoms with Gasteiger partial charge in [0.15, 0.2) is 0 Å². The van der Waals surface area contributed by atoms with Crippen molar-refractivity contribution in [3.8, 4) is 17.2 Å². The average molecular weight is 460 g/mol. The molecule has 0 saturated carbocycles. The molecule has 6 nitrogen and oxygen atoms in total. The number of hydrogen-bond donors (Lipinski definition) is 1. The topological polar surface area (TPSA) is 84.6 Å². The van der Waals surface area contributed by atoms with E-state index in [2.05, 4.69) is 11.0 Å². The number of nitriles is 1. The Hall–Kier alpha value is -3.18. The van der Waals surface area contributed by atoms with Crippen LogP contribution < -0.4 is 4.90 Å². The zero-order chi connectivity index (χ0) is 23.2. The second kappa shape index (κ2) is 8.31. The van der Waals surface area contributed by atoms with Crippen LogP contribution in [-0.4, -0.2) is 44.1 Å². The van der Waals surface area contributed by atoms with E-state index in [9.17, 15) is 18.8 Å². The van der Waals surface area contributed by atoms with Crippen LogP contribution in [0.5, 0.6) is 0 Å². The van der Waals surface area contributed by atoms with Crippen molar-refractivity contribution in [2.75, 3.05) is 25.1 Å². The first-order chi connectivity index (χ1) is 16.0. The summed E-state index contributed by atoms with van der Waals surface area (Å²) in [6, 6.07) is 23.6. The fourth-order valence-electron chi connectivity index (χ4n) is 5.36. The monoisotopic (exact) mass is 459 g/mol. The van der Waals surface area contributed by atoms with Crippen LogP contribution in [0.1, 0.15) is 23.6 Å². The molecule has 0 aliphatic carbocycles. The molecular formula is C26H25N3O3S. The van der Waals surface area contributed by atoms with Crippen LogP contribution in [0.2, 0.25) is 0 Å². The van der Waals surface area contributed by atoms with Crippen molar-refractivity contribution in [2.24, 2.45) is 5.92 Å². The quantitative estimate of drug-likeness (QED) is 0.642. The highest BCUT2D eigenvalue weighted by Gasteiger charge is 2.50. The molecule has 2 aliphatic heterocycles. The lowest BCUT2D eigenvalue weighted by molar-refractivity contribution is 0.193. The third-order valence-corrected chi connectivity index (χ3v) is 8.87. The largest absolute Gasteiger partial charge is 0.394 e. The Morgan fingerprint density at radius 3 is 2.52 bits per heavy atom. The van der Waals surface area contributed by atoms with Crippen LogP contribution in [0.15, 0.2) is 77.7 Å². The number of nitrogens with zero attached hydrogens (tertiary/aromatic N) is 3. The van der Waals surface area contributed by atoms with Crippen molar-refractivity contribution >= 4 is 15.7 Å². The van der Waals surface area contributed by atoms with E-state index >= 15 is 0 Å². The maximum Gasteiger partial charge on any atom is 0.243 e. The Kier molecular flexibility index (Phi) is 5.45. The molecule has 1 fully saturated rings. The van der Waals surface area contributed by atoms with Gasteiger partial charge in [-0.15, -0.1) is 0 Å². The Balaban J connectivity index is 1.65. The molecule has 7 heteroatoms. The lowest BCUT2D eigenvalue weighted by Gasteiger charge is -2.44. The summed E-state index contributed by atoms with van der Waals surface area (Å²) in [5.74, 6) is -0.0216. The highest BCUT2D eigenvalue weighted by molar-refractivity contribution is 7.89. The highest BCUT2D eigenvalue weighted by atomic mass is 32.2. The zero-order valence-corrected chi connectivity index (χ0v) is 19.1. The third-order valence-electron chi connectivity index (χ3n) is 6.98. The molecule has 0 bridgehead atoms. The fourth-order valence-corrected chi connectivity index (χ4v) is 7.04. The minimum absolute atomic E-state index is 0.0216. The molecule has 1 N–H and O–H groups in total. The number of aliphatic hydroxyl groups is 1. The second-order valence-corrected chi connectivity index (χ2v) is 10.5. The van der Waals surface area contributed by atoms with E-state index in [1.165, 1.54) is 0 Å². The molecule has 5 rings (SSSR count). The molecule has 33 heavy (non-hydrogen) atoms. The van der Waals surface area contributed by atoms with Gasteiger partial charge >= 0.3 is 0 Å². The predicted octanol–water partition coefficient (Wildman–Crippen LogP) is 3.79. The van der Waals surface area contributed by atoms with Crippen molar-refractivity contribution in [3.05, 3.63) is 83.9 Å². The van der Waals surface area contributed by atoms with E-state index in [-0.39, 0.29) is 29.5 Å². The first kappa shape index (κ1) is 21.7. The maximum atomic E-state index is 13.6. The van der Waals surface area contributed by atoms with Crippen LogP contribution in [0.3, 0.4) is 0 Å². The minimum atomic E-state index is -3.70. The highest BCUT2D eigenvalue weighted by Crippen LogP contribution is 2.51. The fraction of sp³-hybridized carbons (Fsp3) is 0.269. The third kappa shape index (κ3) is 3.51. The van der Waals surface area contributed by atoms with Crippen LogP contribution in [0.4, 0.5) is 5.69 Å². The van der Waals surface area contributed by atoms with E-state index < -0.39 is 10.0 Å². The summed E-state index contributed by atoms with van der Waals surface area (Å²) in [5.41, 5.74) is 4.28. The van der Waals surface area contributed by atoms with Crippen LogP contribution in [0.25, 0.3) is 11.1 Å². The molecule has 3 aromatic carbocycles. The summed E-state index contributed by atoms with van der Waals surface area (Å²) in [5, 5.41) is 19.5. The molecule has 2 heterocycles. The average Bonchev–Trinajstić information content (AvgIpc) is 3.31. The summed E-state index contributed by atoms with van der Waals surface area (Å²) in [4.78, 5) is 2.36. The van der Waals surface area contributed by atoms with E-state index in [0.717, 1.165) is 22.4 Å². The van der Waals surface area contributed by atoms with Gasteiger partial charge in [-0.3, -0.25) is 0 Å². The van der Waals surface area contributed by atoms with Crippen molar-refractivity contribution in [1.29, 1.82) is 5.26 Å². The lowest BCUT2D eigenvalue weighted by atomic mass is 9.81. The Morgan fingerprint density at radius 1 is 1.03 bits per heavy atom. The van der Waals surface area contributed by atoms with Gasteiger partial charge < -0.3 is 10.0 Å². The van der Waals surface area contributed by atoms with E-state index in [4.69, 9.17) is 0 Å². The first-order valence-electron chi connectivity index (χ1n) is 11.0. The summed E-state index contributed by atoms with van der Waals surface area (Å²) in [7, 11) is -1.74. The molecule has 168 valence electrons. The smallest absolute Gasteiger partial charge is 0.243 e. The molecule has 2 aliphatic rings. The summed E-state index contributed by atoms with van der Waals surface area (Å²) in [6.07, 6.45) is 0.680. The van der Waals surface area contributed by atoms with Crippen molar-refractivity contribution in [3.63, 3.8) is 0 Å². The predicted molar refractivity (Wildman–Crippen MR) is 127 cm³/mol. The molecule has 0 spiro atoms. The van der Waals surface area contributed by atoms with Crippen LogP contribution >= 0.6 is 0 Å². The Labute approximate surface area is 194 Å². The van der Waals surface area contributed by atoms with Crippen molar-refractivity contribution in [1.82, 2.24) is 4.31 Å². The number of aliphatic hydroxyl groups excluding tert-OH is 1. The molecule has 3 aromatic rings. The van der Waals surface area contributed by atoms with Crippen LogP contribution in [-0.2, 0) is 10.0 Å². The number of likely N-dealkylation sites (N-methyl/N-ethyl adjacent to an activating group) is 1. The molecule has 3 atom stereocenters. The van der Waals surface area contributed by atoms with Gasteiger partial charge in [-0.1, -0.05) is 36.4 Å². The summed E-state index contributed by atoms with van der Waals surface area (Å²) < 4.78 is 28.9. The van der Waals surface area contributed by atoms with Gasteiger partial charge in [0.05, 0.1) is 35.2 Å². The number of hydrogen-bond acceptors (Lipinski definition) is 5. The number of sulfonamides is 1. The molecule has 0 unspecified atom stereocenters. The lowest BCUT2D eigenvalue weighted by Crippen LogP contribution is -2.48. The zero-order valence-electron chi connectivity index (χ0n) is 18.3. The number of benzene rings is 3. The van der Waals surface area contributed by atoms with E-state index in [0.29, 0.717) is 18.5 Å². The SMILES string of the molecule is CN1c2ccc(-c3cccc(C#N)c3)cc2[C@H]2[C@H](CCN2S(=O)(=O)c2ccccc2)[C@H]1CO. The van der Waals surface area contributed by atoms with Gasteiger partial charge in [0.25, 0.3) is 0 Å². The summed E-state index contributed by atoms with van der Waals surface area (Å²) in [6.45, 7) is 0.368. The number of rotatable bonds is 4. The van der Waals surface area contributed by atoms with Crippen molar-refractivity contribution in [2.45, 2.75) is 23.4 Å². The van der Waals surface area contributed by atoms with E-state index in [1.807, 2.05) is 43.4 Å². The Bertz CT molecular complexity index is 1330. The standard InChI is InChI=1S/C26H25N3O3S/c1-28-24-11-10-20(19-7-5-6-18(14-19)16-27)15-23(24)26-22(25(28)17-30)12-13-29(26)33(31,32)21-8-3-2-4-9-21/h2-11,14-15,22,25-26,30H,12-13,17H2,1H3/t22-,25-,26-/m1/s1. The van der Waals surface area contributed by atoms with E-state index in [1.54, 1.807) is 40.7 Å². The van der Waals surface area contributed by atoms with Gasteiger partial charge in [0.2, 0.25) is 10.0 Å². The number of anilines is 1. The first-order valence-corrected chi connectivity index (χ1v) is 12.4. The number of fused-ring (bicyclic) bond motifs is 3. The van der Waals surface area contributed by atoms with Crippen LogP contribution in [0, 0.1) is 17.2 Å². The molecule has 0 aromatic heterocycles.